The van der Waals surface area contributed by atoms with Crippen LogP contribution >= 0.6 is 11.6 Å². The van der Waals surface area contributed by atoms with Crippen molar-refractivity contribution in [3.05, 3.63) is 29.8 Å². The van der Waals surface area contributed by atoms with Gasteiger partial charge in [0, 0.05) is 0 Å². The predicted molar refractivity (Wildman–Crippen MR) is 78.2 cm³/mol. The molecule has 1 aromatic carbocycles. The van der Waals surface area contributed by atoms with Crippen LogP contribution in [0, 0.1) is 0 Å². The molecule has 0 fully saturated rings. The van der Waals surface area contributed by atoms with Gasteiger partial charge in [0.25, 0.3) is 0 Å². The van der Waals surface area contributed by atoms with E-state index < -0.39 is 6.10 Å². The van der Waals surface area contributed by atoms with Crippen molar-refractivity contribution in [2.45, 2.75) is 32.3 Å². The average molecular weight is 301 g/mol. The van der Waals surface area contributed by atoms with Gasteiger partial charge in [0.1, 0.15) is 18.5 Å². The molecule has 0 radical (unpaired) electrons. The van der Waals surface area contributed by atoms with Crippen molar-refractivity contribution < 1.29 is 19.4 Å². The molecule has 4 nitrogen and oxygen atoms in total. The highest BCUT2D eigenvalue weighted by Crippen LogP contribution is 2.13. The Morgan fingerprint density at radius 3 is 2.65 bits per heavy atom. The number of rotatable bonds is 9. The molecule has 0 spiro atoms. The van der Waals surface area contributed by atoms with Crippen molar-refractivity contribution in [2.75, 3.05) is 19.1 Å². The molecule has 0 heterocycles. The second-order valence-electron chi connectivity index (χ2n) is 4.51. The molecular formula is C15H21ClO4. The van der Waals surface area contributed by atoms with Gasteiger partial charge in [-0.2, -0.15) is 0 Å². The molecule has 1 N–H and O–H groups in total. The maximum atomic E-state index is 11.5. The highest BCUT2D eigenvalue weighted by molar-refractivity contribution is 6.18. The van der Waals surface area contributed by atoms with E-state index in [0.29, 0.717) is 12.4 Å². The SMILES string of the molecule is CCCCOC(=O)Cc1ccc(OC[C@H](O)CCl)cc1. The maximum absolute atomic E-state index is 11.5. The normalized spacial score (nSPS) is 11.9. The zero-order chi connectivity index (χ0) is 14.8. The van der Waals surface area contributed by atoms with Crippen molar-refractivity contribution in [3.63, 3.8) is 0 Å². The van der Waals surface area contributed by atoms with Crippen molar-refractivity contribution in [3.8, 4) is 5.75 Å². The van der Waals surface area contributed by atoms with E-state index in [-0.39, 0.29) is 24.9 Å². The number of ether oxygens (including phenoxy) is 2. The van der Waals surface area contributed by atoms with Crippen LogP contribution in [-0.2, 0) is 16.0 Å². The third-order valence-electron chi connectivity index (χ3n) is 2.65. The van der Waals surface area contributed by atoms with Gasteiger partial charge in [-0.1, -0.05) is 25.5 Å². The summed E-state index contributed by atoms with van der Waals surface area (Å²) in [5.41, 5.74) is 0.872. The Balaban J connectivity index is 2.36. The first-order chi connectivity index (χ1) is 9.65. The van der Waals surface area contributed by atoms with Crippen LogP contribution in [0.2, 0.25) is 0 Å². The lowest BCUT2D eigenvalue weighted by Crippen LogP contribution is -2.18. The topological polar surface area (TPSA) is 55.8 Å². The number of hydrogen-bond acceptors (Lipinski definition) is 4. The fourth-order valence-corrected chi connectivity index (χ4v) is 1.58. The summed E-state index contributed by atoms with van der Waals surface area (Å²) in [7, 11) is 0. The summed E-state index contributed by atoms with van der Waals surface area (Å²) in [6, 6.07) is 7.14. The lowest BCUT2D eigenvalue weighted by atomic mass is 10.1. The van der Waals surface area contributed by atoms with Crippen LogP contribution in [-0.4, -0.2) is 36.3 Å². The predicted octanol–water partition coefficient (Wildman–Crippen LogP) is 2.55. The van der Waals surface area contributed by atoms with Crippen molar-refractivity contribution in [1.82, 2.24) is 0 Å². The van der Waals surface area contributed by atoms with Crippen molar-refractivity contribution in [2.24, 2.45) is 0 Å². The van der Waals surface area contributed by atoms with Gasteiger partial charge in [0.15, 0.2) is 0 Å². The largest absolute Gasteiger partial charge is 0.491 e. The fourth-order valence-electron chi connectivity index (χ4n) is 1.49. The van der Waals surface area contributed by atoms with Gasteiger partial charge in [0.05, 0.1) is 18.9 Å². The van der Waals surface area contributed by atoms with E-state index in [9.17, 15) is 9.90 Å². The van der Waals surface area contributed by atoms with E-state index in [0.717, 1.165) is 18.4 Å². The monoisotopic (exact) mass is 300 g/mol. The molecule has 0 aromatic heterocycles. The first-order valence-corrected chi connectivity index (χ1v) is 7.30. The Bertz CT molecular complexity index is 391. The minimum atomic E-state index is -0.676. The first kappa shape index (κ1) is 16.8. The van der Waals surface area contributed by atoms with Gasteiger partial charge >= 0.3 is 5.97 Å². The lowest BCUT2D eigenvalue weighted by molar-refractivity contribution is -0.142. The molecule has 0 saturated carbocycles. The van der Waals surface area contributed by atoms with Gasteiger partial charge in [0.2, 0.25) is 0 Å². The quantitative estimate of drug-likeness (QED) is 0.432. The Morgan fingerprint density at radius 2 is 2.05 bits per heavy atom. The molecule has 0 amide bonds. The number of benzene rings is 1. The molecule has 20 heavy (non-hydrogen) atoms. The third-order valence-corrected chi connectivity index (χ3v) is 3.01. The van der Waals surface area contributed by atoms with E-state index in [1.54, 1.807) is 12.1 Å². The van der Waals surface area contributed by atoms with E-state index >= 15 is 0 Å². The summed E-state index contributed by atoms with van der Waals surface area (Å²) < 4.78 is 10.4. The maximum Gasteiger partial charge on any atom is 0.310 e. The van der Waals surface area contributed by atoms with E-state index in [1.165, 1.54) is 0 Å². The van der Waals surface area contributed by atoms with Gasteiger partial charge in [-0.25, -0.2) is 0 Å². The highest BCUT2D eigenvalue weighted by Gasteiger charge is 2.06. The summed E-state index contributed by atoms with van der Waals surface area (Å²) in [5.74, 6) is 0.559. The summed E-state index contributed by atoms with van der Waals surface area (Å²) in [4.78, 5) is 11.5. The molecule has 5 heteroatoms. The zero-order valence-electron chi connectivity index (χ0n) is 11.7. The molecule has 0 aliphatic rings. The molecule has 0 saturated heterocycles. The lowest BCUT2D eigenvalue weighted by Gasteiger charge is -2.10. The highest BCUT2D eigenvalue weighted by atomic mass is 35.5. The summed E-state index contributed by atoms with van der Waals surface area (Å²) in [6.45, 7) is 2.68. The Kier molecular flexibility index (Phi) is 8.07. The summed E-state index contributed by atoms with van der Waals surface area (Å²) >= 11 is 5.47. The Hall–Kier alpha value is -1.26. The molecule has 112 valence electrons. The minimum Gasteiger partial charge on any atom is -0.491 e. The van der Waals surface area contributed by atoms with Crippen LogP contribution in [0.3, 0.4) is 0 Å². The smallest absolute Gasteiger partial charge is 0.310 e. The number of esters is 1. The first-order valence-electron chi connectivity index (χ1n) is 6.77. The minimum absolute atomic E-state index is 0.141. The van der Waals surface area contributed by atoms with E-state index in [4.69, 9.17) is 21.1 Å². The number of hydrogen-bond donors (Lipinski definition) is 1. The summed E-state index contributed by atoms with van der Waals surface area (Å²) in [5, 5.41) is 9.28. The van der Waals surface area contributed by atoms with E-state index in [1.807, 2.05) is 19.1 Å². The van der Waals surface area contributed by atoms with Gasteiger partial charge < -0.3 is 14.6 Å². The number of aliphatic hydroxyl groups is 1. The fraction of sp³-hybridized carbons (Fsp3) is 0.533. The second kappa shape index (κ2) is 9.61. The molecular weight excluding hydrogens is 280 g/mol. The van der Waals surface area contributed by atoms with Crippen LogP contribution in [0.4, 0.5) is 0 Å². The number of alkyl halides is 1. The number of halogens is 1. The van der Waals surface area contributed by atoms with Crippen LogP contribution in [0.25, 0.3) is 0 Å². The van der Waals surface area contributed by atoms with Crippen molar-refractivity contribution >= 4 is 17.6 Å². The molecule has 1 rings (SSSR count). The summed E-state index contributed by atoms with van der Waals surface area (Å²) in [6.07, 6.45) is 1.48. The molecule has 0 bridgehead atoms. The van der Waals surface area contributed by atoms with Gasteiger partial charge in [-0.15, -0.1) is 11.6 Å². The van der Waals surface area contributed by atoms with Gasteiger partial charge in [-0.3, -0.25) is 4.79 Å². The molecule has 1 atom stereocenters. The van der Waals surface area contributed by atoms with Crippen molar-refractivity contribution in [1.29, 1.82) is 0 Å². The molecule has 1 aromatic rings. The standard InChI is InChI=1S/C15H21ClO4/c1-2-3-8-19-15(18)9-12-4-6-14(7-5-12)20-11-13(17)10-16/h4-7,13,17H,2-3,8-11H2,1H3/t13-/m1/s1. The molecule has 0 unspecified atom stereocenters. The zero-order valence-corrected chi connectivity index (χ0v) is 12.4. The Labute approximate surface area is 124 Å². The van der Waals surface area contributed by atoms with Crippen LogP contribution in [0.15, 0.2) is 24.3 Å². The number of carbonyl (C=O) groups is 1. The van der Waals surface area contributed by atoms with Crippen LogP contribution < -0.4 is 4.74 Å². The number of aliphatic hydroxyl groups excluding tert-OH is 1. The number of unbranched alkanes of at least 4 members (excludes halogenated alkanes) is 1. The van der Waals surface area contributed by atoms with Gasteiger partial charge in [-0.05, 0) is 24.1 Å². The average Bonchev–Trinajstić information content (AvgIpc) is 2.46. The van der Waals surface area contributed by atoms with Crippen LogP contribution in [0.1, 0.15) is 25.3 Å². The second-order valence-corrected chi connectivity index (χ2v) is 4.82. The third kappa shape index (κ3) is 6.78. The van der Waals surface area contributed by atoms with Crippen LogP contribution in [0.5, 0.6) is 5.75 Å². The molecule has 0 aliphatic carbocycles. The number of carbonyl (C=O) groups excluding carboxylic acids is 1. The Morgan fingerprint density at radius 1 is 1.35 bits per heavy atom. The molecule has 0 aliphatic heterocycles. The van der Waals surface area contributed by atoms with E-state index in [2.05, 4.69) is 0 Å².